The van der Waals surface area contributed by atoms with Crippen LogP contribution >= 0.6 is 0 Å². The van der Waals surface area contributed by atoms with Gasteiger partial charge >= 0.3 is 0 Å². The molecule has 7 heteroatoms. The molecule has 1 fully saturated rings. The summed E-state index contributed by atoms with van der Waals surface area (Å²) in [5, 5.41) is 19.7. The summed E-state index contributed by atoms with van der Waals surface area (Å²) in [6.07, 6.45) is 4.73. The Balaban J connectivity index is 1.24. The second kappa shape index (κ2) is 11.3. The standard InChI is InChI=1S/C25H35N5O2/c1-28-24(20-31)27-30(22-11-4-2-5-12-22)25(28)26-14-9-17-32-23-13-8-10-21(18-23)19-29-15-6-3-7-16-29/h2,4-5,8,10-13,18,25-26,31H,3,6-7,9,14-17,19-20H2,1H3. The molecular formula is C25H35N5O2. The Hall–Kier alpha value is -2.61. The number of hydrogen-bond donors (Lipinski definition) is 2. The first kappa shape index (κ1) is 22.6. The zero-order chi connectivity index (χ0) is 22.2. The number of amidine groups is 1. The van der Waals surface area contributed by atoms with Gasteiger partial charge in [0.1, 0.15) is 12.4 Å². The third-order valence-electron chi connectivity index (χ3n) is 6.06. The lowest BCUT2D eigenvalue weighted by atomic mass is 10.1. The summed E-state index contributed by atoms with van der Waals surface area (Å²) in [7, 11) is 1.94. The smallest absolute Gasteiger partial charge is 0.179 e. The first-order valence-electron chi connectivity index (χ1n) is 11.7. The van der Waals surface area contributed by atoms with Crippen LogP contribution in [-0.4, -0.2) is 66.9 Å². The van der Waals surface area contributed by atoms with Gasteiger partial charge in [0.15, 0.2) is 12.1 Å². The fraction of sp³-hybridized carbons (Fsp3) is 0.480. The largest absolute Gasteiger partial charge is 0.494 e. The van der Waals surface area contributed by atoms with Crippen molar-refractivity contribution in [3.8, 4) is 5.75 Å². The van der Waals surface area contributed by atoms with E-state index in [2.05, 4.69) is 33.5 Å². The van der Waals surface area contributed by atoms with Gasteiger partial charge in [-0.1, -0.05) is 36.8 Å². The summed E-state index contributed by atoms with van der Waals surface area (Å²) in [5.41, 5.74) is 2.31. The highest BCUT2D eigenvalue weighted by molar-refractivity contribution is 5.86. The van der Waals surface area contributed by atoms with E-state index in [0.29, 0.717) is 12.4 Å². The number of aliphatic hydroxyl groups excluding tert-OH is 1. The van der Waals surface area contributed by atoms with Crippen molar-refractivity contribution in [1.29, 1.82) is 0 Å². The molecule has 2 aromatic rings. The van der Waals surface area contributed by atoms with Crippen LogP contribution in [0.25, 0.3) is 0 Å². The molecule has 1 atom stereocenters. The third-order valence-corrected chi connectivity index (χ3v) is 6.06. The van der Waals surface area contributed by atoms with Crippen LogP contribution in [0.5, 0.6) is 5.75 Å². The van der Waals surface area contributed by atoms with Crippen LogP contribution in [0.2, 0.25) is 0 Å². The number of likely N-dealkylation sites (N-methyl/N-ethyl adjacent to an activating group) is 1. The Kier molecular flexibility index (Phi) is 7.98. The van der Waals surface area contributed by atoms with Crippen molar-refractivity contribution in [2.75, 3.05) is 44.9 Å². The normalized spacial score (nSPS) is 19.3. The average Bonchev–Trinajstić information content (AvgIpc) is 3.16. The summed E-state index contributed by atoms with van der Waals surface area (Å²) in [5.74, 6) is 1.59. The molecule has 0 bridgehead atoms. The van der Waals surface area contributed by atoms with E-state index in [-0.39, 0.29) is 12.9 Å². The molecule has 4 rings (SSSR count). The molecule has 0 aliphatic carbocycles. The van der Waals surface area contributed by atoms with E-state index < -0.39 is 0 Å². The molecule has 2 aliphatic rings. The molecule has 2 aliphatic heterocycles. The van der Waals surface area contributed by atoms with Gasteiger partial charge in [-0.25, -0.2) is 5.01 Å². The lowest BCUT2D eigenvalue weighted by molar-refractivity contribution is 0.220. The second-order valence-corrected chi connectivity index (χ2v) is 8.48. The summed E-state index contributed by atoms with van der Waals surface area (Å²) >= 11 is 0. The summed E-state index contributed by atoms with van der Waals surface area (Å²) < 4.78 is 6.03. The van der Waals surface area contributed by atoms with Crippen LogP contribution in [0.15, 0.2) is 59.7 Å². The Morgan fingerprint density at radius 1 is 1.06 bits per heavy atom. The van der Waals surface area contributed by atoms with Crippen LogP contribution in [0.4, 0.5) is 5.69 Å². The Bertz CT molecular complexity index is 870. The molecule has 2 aromatic carbocycles. The maximum Gasteiger partial charge on any atom is 0.179 e. The number of benzene rings is 2. The molecule has 1 saturated heterocycles. The van der Waals surface area contributed by atoms with E-state index in [0.717, 1.165) is 30.9 Å². The first-order chi connectivity index (χ1) is 15.7. The summed E-state index contributed by atoms with van der Waals surface area (Å²) in [6.45, 7) is 4.75. The van der Waals surface area contributed by atoms with Gasteiger partial charge in [-0.05, 0) is 62.2 Å². The molecule has 0 radical (unpaired) electrons. The van der Waals surface area contributed by atoms with Gasteiger partial charge in [0.25, 0.3) is 0 Å². The van der Waals surface area contributed by atoms with Crippen molar-refractivity contribution in [1.82, 2.24) is 15.1 Å². The molecule has 0 saturated carbocycles. The SMILES string of the molecule is CN1C(CO)=NN(c2ccccc2)C1NCCCOc1cccc(CN2CCCCC2)c1. The van der Waals surface area contributed by atoms with E-state index in [4.69, 9.17) is 4.74 Å². The van der Waals surface area contributed by atoms with Crippen LogP contribution in [0, 0.1) is 0 Å². The lowest BCUT2D eigenvalue weighted by Gasteiger charge is -2.29. The molecule has 32 heavy (non-hydrogen) atoms. The van der Waals surface area contributed by atoms with Gasteiger partial charge in [-0.15, -0.1) is 0 Å². The molecule has 7 nitrogen and oxygen atoms in total. The van der Waals surface area contributed by atoms with E-state index in [1.165, 1.54) is 37.9 Å². The van der Waals surface area contributed by atoms with Gasteiger partial charge in [0.05, 0.1) is 12.3 Å². The second-order valence-electron chi connectivity index (χ2n) is 8.48. The van der Waals surface area contributed by atoms with E-state index in [1.807, 2.05) is 53.4 Å². The molecule has 0 amide bonds. The minimum Gasteiger partial charge on any atom is -0.494 e. The first-order valence-corrected chi connectivity index (χ1v) is 11.7. The van der Waals surface area contributed by atoms with E-state index in [9.17, 15) is 5.11 Å². The van der Waals surface area contributed by atoms with Crippen molar-refractivity contribution in [2.45, 2.75) is 38.5 Å². The number of nitrogens with zero attached hydrogens (tertiary/aromatic N) is 4. The number of nitrogens with one attached hydrogen (secondary N) is 1. The van der Waals surface area contributed by atoms with Gasteiger partial charge in [0.2, 0.25) is 0 Å². The number of piperidine rings is 1. The number of ether oxygens (including phenoxy) is 1. The fourth-order valence-electron chi connectivity index (χ4n) is 4.30. The van der Waals surface area contributed by atoms with Crippen molar-refractivity contribution >= 4 is 11.5 Å². The third kappa shape index (κ3) is 5.79. The number of para-hydroxylation sites is 1. The highest BCUT2D eigenvalue weighted by atomic mass is 16.5. The Morgan fingerprint density at radius 2 is 1.88 bits per heavy atom. The highest BCUT2D eigenvalue weighted by Gasteiger charge is 2.31. The molecule has 0 aromatic heterocycles. The van der Waals surface area contributed by atoms with Crippen LogP contribution in [0.3, 0.4) is 0 Å². The quantitative estimate of drug-likeness (QED) is 0.557. The Morgan fingerprint density at radius 3 is 2.66 bits per heavy atom. The number of hydrogen-bond acceptors (Lipinski definition) is 7. The number of anilines is 1. The maximum atomic E-state index is 9.63. The molecule has 1 unspecified atom stereocenters. The fourth-order valence-corrected chi connectivity index (χ4v) is 4.30. The van der Waals surface area contributed by atoms with E-state index in [1.54, 1.807) is 0 Å². The van der Waals surface area contributed by atoms with Gasteiger partial charge in [-0.3, -0.25) is 10.2 Å². The molecule has 2 heterocycles. The number of rotatable bonds is 10. The van der Waals surface area contributed by atoms with Gasteiger partial charge in [-0.2, -0.15) is 5.10 Å². The van der Waals surface area contributed by atoms with Crippen LogP contribution < -0.4 is 15.1 Å². The zero-order valence-electron chi connectivity index (χ0n) is 19.0. The van der Waals surface area contributed by atoms with Crippen molar-refractivity contribution in [3.05, 3.63) is 60.2 Å². The van der Waals surface area contributed by atoms with Crippen molar-refractivity contribution in [3.63, 3.8) is 0 Å². The van der Waals surface area contributed by atoms with Crippen LogP contribution in [0.1, 0.15) is 31.2 Å². The summed E-state index contributed by atoms with van der Waals surface area (Å²) in [6, 6.07) is 18.5. The zero-order valence-corrected chi connectivity index (χ0v) is 19.0. The number of aliphatic hydroxyl groups is 1. The van der Waals surface area contributed by atoms with Gasteiger partial charge < -0.3 is 14.7 Å². The van der Waals surface area contributed by atoms with E-state index >= 15 is 0 Å². The Labute approximate surface area is 191 Å². The summed E-state index contributed by atoms with van der Waals surface area (Å²) in [4.78, 5) is 4.50. The van der Waals surface area contributed by atoms with Crippen molar-refractivity contribution in [2.24, 2.45) is 5.10 Å². The minimum absolute atomic E-state index is 0.0884. The van der Waals surface area contributed by atoms with Gasteiger partial charge in [0, 0.05) is 20.1 Å². The highest BCUT2D eigenvalue weighted by Crippen LogP contribution is 2.22. The maximum absolute atomic E-state index is 9.63. The minimum atomic E-state index is -0.132. The molecule has 2 N–H and O–H groups in total. The predicted octanol–water partition coefficient (Wildman–Crippen LogP) is 3.07. The van der Waals surface area contributed by atoms with Crippen molar-refractivity contribution < 1.29 is 9.84 Å². The van der Waals surface area contributed by atoms with Crippen LogP contribution in [-0.2, 0) is 6.54 Å². The molecular weight excluding hydrogens is 402 g/mol. The topological polar surface area (TPSA) is 63.6 Å². The molecule has 0 spiro atoms. The number of likely N-dealkylation sites (tertiary alicyclic amines) is 1. The monoisotopic (exact) mass is 437 g/mol. The predicted molar refractivity (Wildman–Crippen MR) is 129 cm³/mol. The molecule has 172 valence electrons. The average molecular weight is 438 g/mol. The lowest BCUT2D eigenvalue weighted by Crippen LogP contribution is -2.51. The number of hydrazone groups is 1.